The first-order valence-corrected chi connectivity index (χ1v) is 13.5. The number of amides is 2. The minimum Gasteiger partial charge on any atom is -0.494 e. The highest BCUT2D eigenvalue weighted by molar-refractivity contribution is 6.30. The molecule has 6 heteroatoms. The Kier molecular flexibility index (Phi) is 5.46. The molecule has 0 unspecified atom stereocenters. The van der Waals surface area contributed by atoms with Crippen molar-refractivity contribution in [3.8, 4) is 5.75 Å². The fourth-order valence-electron chi connectivity index (χ4n) is 6.87. The lowest BCUT2D eigenvalue weighted by Gasteiger charge is -2.52. The third-order valence-corrected chi connectivity index (χ3v) is 8.59. The predicted octanol–water partition coefficient (Wildman–Crippen LogP) is 6.69. The van der Waals surface area contributed by atoms with E-state index in [4.69, 9.17) is 21.3 Å². The highest BCUT2D eigenvalue weighted by atomic mass is 35.5. The second-order valence-electron chi connectivity index (χ2n) is 10.2. The van der Waals surface area contributed by atoms with Crippen molar-refractivity contribution in [2.45, 2.75) is 18.3 Å². The van der Waals surface area contributed by atoms with E-state index < -0.39 is 17.3 Å². The lowest BCUT2D eigenvalue weighted by Crippen LogP contribution is -2.54. The van der Waals surface area contributed by atoms with Crippen molar-refractivity contribution in [3.05, 3.63) is 124 Å². The van der Waals surface area contributed by atoms with Gasteiger partial charge in [-0.2, -0.15) is 0 Å². The number of hydrogen-bond acceptors (Lipinski definition) is 4. The van der Waals surface area contributed by atoms with E-state index in [1.165, 1.54) is 4.90 Å². The monoisotopic (exact) mass is 532 g/mol. The van der Waals surface area contributed by atoms with Crippen molar-refractivity contribution in [1.29, 1.82) is 0 Å². The van der Waals surface area contributed by atoms with Crippen LogP contribution in [0.3, 0.4) is 0 Å². The summed E-state index contributed by atoms with van der Waals surface area (Å²) in [6.45, 7) is 2.46. The van der Waals surface area contributed by atoms with Crippen LogP contribution < -0.4 is 9.64 Å². The van der Waals surface area contributed by atoms with Gasteiger partial charge in [-0.25, -0.2) is 4.90 Å². The second kappa shape index (κ2) is 8.92. The summed E-state index contributed by atoms with van der Waals surface area (Å²) >= 11 is 6.12. The van der Waals surface area contributed by atoms with Gasteiger partial charge in [-0.05, 0) is 77.7 Å². The molecule has 4 aliphatic rings. The smallest absolute Gasteiger partial charge is 0.239 e. The number of benzene rings is 4. The molecular weight excluding hydrogens is 508 g/mol. The molecule has 0 radical (unpaired) electrons. The fraction of sp³-hybridized carbons (Fsp3) is 0.182. The van der Waals surface area contributed by atoms with E-state index in [-0.39, 0.29) is 17.7 Å². The van der Waals surface area contributed by atoms with Crippen molar-refractivity contribution in [2.24, 2.45) is 16.8 Å². The van der Waals surface area contributed by atoms with E-state index in [0.717, 1.165) is 27.9 Å². The van der Waals surface area contributed by atoms with Gasteiger partial charge >= 0.3 is 0 Å². The minimum atomic E-state index is -0.904. The van der Waals surface area contributed by atoms with E-state index in [1.807, 2.05) is 49.5 Å². The molecule has 4 aromatic rings. The normalized spacial score (nSPS) is 24.6. The van der Waals surface area contributed by atoms with E-state index >= 15 is 0 Å². The third kappa shape index (κ3) is 3.36. The molecule has 2 atom stereocenters. The van der Waals surface area contributed by atoms with Crippen LogP contribution in [0.5, 0.6) is 5.75 Å². The molecule has 8 rings (SSSR count). The Hall–Kier alpha value is -4.22. The largest absolute Gasteiger partial charge is 0.494 e. The lowest BCUT2D eigenvalue weighted by molar-refractivity contribution is -0.122. The Morgan fingerprint density at radius 2 is 1.46 bits per heavy atom. The van der Waals surface area contributed by atoms with E-state index in [1.54, 1.807) is 36.4 Å². The van der Waals surface area contributed by atoms with Crippen molar-refractivity contribution in [2.75, 3.05) is 11.5 Å². The summed E-state index contributed by atoms with van der Waals surface area (Å²) < 4.78 is 5.58. The number of halogens is 1. The molecule has 0 spiro atoms. The summed E-state index contributed by atoms with van der Waals surface area (Å²) in [5.74, 6) is -1.05. The molecule has 1 aliphatic heterocycles. The molecular formula is C33H25ClN2O3. The van der Waals surface area contributed by atoms with Gasteiger partial charge in [-0.1, -0.05) is 60.1 Å². The zero-order valence-corrected chi connectivity index (χ0v) is 22.0. The van der Waals surface area contributed by atoms with Crippen LogP contribution in [0.4, 0.5) is 11.4 Å². The standard InChI is InChI=1S/C33H25ClN2O3/c1-2-39-23-17-15-22(16-18-23)36-31(37)29-28-24-7-3-5-9-26(24)33(30(29)32(36)38,27-10-6-4-8-25(27)28)19-35-21-13-11-20(34)12-14-21/h3-19,28-30H,2H2,1H3/t28?,29-,30-,33?/m1/s1. The van der Waals surface area contributed by atoms with Crippen LogP contribution in [0.2, 0.25) is 5.02 Å². The van der Waals surface area contributed by atoms with Crippen LogP contribution in [0, 0.1) is 11.8 Å². The molecule has 1 saturated heterocycles. The summed E-state index contributed by atoms with van der Waals surface area (Å²) in [4.78, 5) is 34.9. The van der Waals surface area contributed by atoms with Crippen molar-refractivity contribution in [3.63, 3.8) is 0 Å². The summed E-state index contributed by atoms with van der Waals surface area (Å²) in [5, 5.41) is 0.628. The van der Waals surface area contributed by atoms with E-state index in [0.29, 0.717) is 23.1 Å². The Morgan fingerprint density at radius 1 is 0.846 bits per heavy atom. The number of aliphatic imine (C=N–C) groups is 1. The SMILES string of the molecule is CCOc1ccc(N2C(=O)[C@@H]3C4c5ccccc5C(C=Nc5ccc(Cl)cc5)(c5ccccc54)[C@H]3C2=O)cc1. The van der Waals surface area contributed by atoms with Crippen molar-refractivity contribution in [1.82, 2.24) is 0 Å². The third-order valence-electron chi connectivity index (χ3n) is 8.33. The number of rotatable bonds is 5. The van der Waals surface area contributed by atoms with Gasteiger partial charge in [-0.3, -0.25) is 14.6 Å². The average Bonchev–Trinajstić information content (AvgIpc) is 3.24. The van der Waals surface area contributed by atoms with Gasteiger partial charge in [0.05, 0.1) is 35.2 Å². The maximum absolute atomic E-state index is 14.4. The van der Waals surface area contributed by atoms with E-state index in [2.05, 4.69) is 24.3 Å². The number of imide groups is 1. The van der Waals surface area contributed by atoms with Gasteiger partial charge in [0.2, 0.25) is 11.8 Å². The summed E-state index contributed by atoms with van der Waals surface area (Å²) in [6, 6.07) is 30.8. The van der Waals surface area contributed by atoms with Gasteiger partial charge < -0.3 is 4.74 Å². The maximum Gasteiger partial charge on any atom is 0.239 e. The molecule has 5 nitrogen and oxygen atoms in total. The Labute approximate surface area is 231 Å². The summed E-state index contributed by atoms with van der Waals surface area (Å²) in [6.07, 6.45) is 1.90. The molecule has 2 amide bonds. The summed E-state index contributed by atoms with van der Waals surface area (Å²) in [5.41, 5.74) is 4.60. The summed E-state index contributed by atoms with van der Waals surface area (Å²) in [7, 11) is 0. The van der Waals surface area contributed by atoms with Crippen molar-refractivity contribution >= 4 is 41.0 Å². The van der Waals surface area contributed by atoms with Crippen molar-refractivity contribution < 1.29 is 14.3 Å². The lowest BCUT2D eigenvalue weighted by atomic mass is 9.47. The first-order chi connectivity index (χ1) is 19.0. The zero-order chi connectivity index (χ0) is 26.7. The Morgan fingerprint density at radius 3 is 2.08 bits per heavy atom. The molecule has 4 aromatic carbocycles. The van der Waals surface area contributed by atoms with Crippen LogP contribution in [0.1, 0.15) is 35.1 Å². The number of ether oxygens (including phenoxy) is 1. The minimum absolute atomic E-state index is 0.174. The quantitative estimate of drug-likeness (QED) is 0.212. The molecule has 2 bridgehead atoms. The maximum atomic E-state index is 14.4. The fourth-order valence-corrected chi connectivity index (χ4v) is 6.99. The Balaban J connectivity index is 1.44. The van der Waals surface area contributed by atoms with Crippen LogP contribution in [-0.4, -0.2) is 24.6 Å². The average molecular weight is 533 g/mol. The number of carbonyl (C=O) groups is 2. The Bertz CT molecular complexity index is 1600. The van der Waals surface area contributed by atoms with Gasteiger partial charge in [0, 0.05) is 17.2 Å². The van der Waals surface area contributed by atoms with Gasteiger partial charge in [0.15, 0.2) is 0 Å². The molecule has 0 N–H and O–H groups in total. The second-order valence-corrected chi connectivity index (χ2v) is 10.6. The first-order valence-electron chi connectivity index (χ1n) is 13.1. The number of carbonyl (C=O) groups excluding carboxylic acids is 2. The predicted molar refractivity (Wildman–Crippen MR) is 152 cm³/mol. The highest BCUT2D eigenvalue weighted by Crippen LogP contribution is 2.63. The molecule has 1 fully saturated rings. The zero-order valence-electron chi connectivity index (χ0n) is 21.3. The van der Waals surface area contributed by atoms with Crippen LogP contribution in [0.25, 0.3) is 0 Å². The molecule has 192 valence electrons. The molecule has 1 heterocycles. The van der Waals surface area contributed by atoms with Gasteiger partial charge in [-0.15, -0.1) is 0 Å². The molecule has 0 saturated carbocycles. The number of hydrogen-bond donors (Lipinski definition) is 0. The first kappa shape index (κ1) is 23.9. The molecule has 0 aromatic heterocycles. The van der Waals surface area contributed by atoms with Crippen LogP contribution >= 0.6 is 11.6 Å². The highest BCUT2D eigenvalue weighted by Gasteiger charge is 2.67. The van der Waals surface area contributed by atoms with E-state index in [9.17, 15) is 9.59 Å². The van der Waals surface area contributed by atoms with Crippen LogP contribution in [0.15, 0.2) is 102 Å². The number of anilines is 1. The molecule has 39 heavy (non-hydrogen) atoms. The van der Waals surface area contributed by atoms with Gasteiger partial charge in [0.1, 0.15) is 5.75 Å². The number of nitrogens with zero attached hydrogens (tertiary/aromatic N) is 2. The topological polar surface area (TPSA) is 59.0 Å². The molecule has 3 aliphatic carbocycles. The van der Waals surface area contributed by atoms with Crippen LogP contribution in [-0.2, 0) is 15.0 Å². The van der Waals surface area contributed by atoms with Gasteiger partial charge in [0.25, 0.3) is 0 Å².